The van der Waals surface area contributed by atoms with Crippen molar-refractivity contribution in [2.75, 3.05) is 5.73 Å². The molecule has 4 aromatic rings. The smallest absolute Gasteiger partial charge is 0.166 e. The number of hydrogen-bond donors (Lipinski definition) is 1. The third-order valence-electron chi connectivity index (χ3n) is 7.78. The lowest BCUT2D eigenvalue weighted by Crippen LogP contribution is -2.11. The number of ether oxygens (including phenoxy) is 1. The van der Waals surface area contributed by atoms with Crippen LogP contribution in [0.3, 0.4) is 0 Å². The van der Waals surface area contributed by atoms with Gasteiger partial charge in [-0.1, -0.05) is 0 Å². The van der Waals surface area contributed by atoms with Crippen LogP contribution in [-0.4, -0.2) is 24.5 Å². The van der Waals surface area contributed by atoms with Crippen molar-refractivity contribution in [1.29, 1.82) is 0 Å². The quantitative estimate of drug-likeness (QED) is 0.417. The fourth-order valence-corrected chi connectivity index (χ4v) is 6.04. The predicted molar refractivity (Wildman–Crippen MR) is 126 cm³/mol. The predicted octanol–water partition coefficient (Wildman–Crippen LogP) is 4.62. The van der Waals surface area contributed by atoms with Gasteiger partial charge in [-0.05, 0) is 50.5 Å². The van der Waals surface area contributed by atoms with E-state index in [1.807, 2.05) is 42.5 Å². The molecule has 172 valence electrons. The van der Waals surface area contributed by atoms with Gasteiger partial charge in [-0.25, -0.2) is 9.37 Å². The number of nitrogen functional groups attached to an aromatic ring is 1. The molecule has 1 fully saturated rings. The Morgan fingerprint density at radius 3 is 2.76 bits per heavy atom. The van der Waals surface area contributed by atoms with E-state index in [4.69, 9.17) is 20.7 Å². The number of rotatable bonds is 0. The summed E-state index contributed by atoms with van der Waals surface area (Å²) in [5, 5.41) is 9.90. The molecule has 0 saturated heterocycles. The maximum absolute atomic E-state index is 14.4. The van der Waals surface area contributed by atoms with E-state index < -0.39 is 6.10 Å². The molecule has 4 heterocycles. The van der Waals surface area contributed by atoms with E-state index >= 15 is 0 Å². The highest BCUT2D eigenvalue weighted by atomic mass is 19.1. The lowest BCUT2D eigenvalue weighted by molar-refractivity contribution is 0.227. The summed E-state index contributed by atoms with van der Waals surface area (Å²) in [6, 6.07) is 6.78. The molecule has 1 aromatic carbocycles. The number of nitrogens with two attached hydrogens (primary N) is 1. The first-order valence-corrected chi connectivity index (χ1v) is 11.7. The lowest BCUT2D eigenvalue weighted by atomic mass is 9.87. The van der Waals surface area contributed by atoms with Gasteiger partial charge in [0.05, 0.1) is 17.1 Å². The van der Waals surface area contributed by atoms with Crippen LogP contribution in [0.2, 0.25) is 0 Å². The number of nitrogens with zero attached hydrogens (tertiary/aromatic N) is 5. The number of aryl methyl sites for hydroxylation is 2. The summed E-state index contributed by atoms with van der Waals surface area (Å²) in [5.74, 6) is 0.610. The Kier molecular flexibility index (Phi) is 3.76. The molecule has 2 bridgehead atoms. The summed E-state index contributed by atoms with van der Waals surface area (Å²) >= 11 is 0. The van der Waals surface area contributed by atoms with Crippen molar-refractivity contribution >= 4 is 5.82 Å². The Labute approximate surface area is 196 Å². The second-order valence-corrected chi connectivity index (χ2v) is 9.98. The van der Waals surface area contributed by atoms with Gasteiger partial charge in [-0.15, -0.1) is 0 Å². The summed E-state index contributed by atoms with van der Waals surface area (Å²) in [7, 11) is 3.93. The fraction of sp³-hybridized carbons (Fsp3) is 0.346. The minimum atomic E-state index is -0.459. The summed E-state index contributed by atoms with van der Waals surface area (Å²) in [6.45, 7) is 1.90. The van der Waals surface area contributed by atoms with Crippen molar-refractivity contribution in [3.05, 3.63) is 64.9 Å². The topological polar surface area (TPSA) is 83.8 Å². The third-order valence-corrected chi connectivity index (χ3v) is 7.78. The molecule has 1 unspecified atom stereocenters. The Balaban J connectivity index is 1.58. The van der Waals surface area contributed by atoms with Gasteiger partial charge < -0.3 is 10.5 Å². The van der Waals surface area contributed by atoms with Gasteiger partial charge >= 0.3 is 0 Å². The molecule has 1 aliphatic heterocycles. The van der Waals surface area contributed by atoms with E-state index in [9.17, 15) is 4.39 Å². The number of benzene rings is 1. The molecule has 2 N–H and O–H groups in total. The van der Waals surface area contributed by atoms with Crippen molar-refractivity contribution in [1.82, 2.24) is 24.5 Å². The van der Waals surface area contributed by atoms with E-state index in [1.54, 1.807) is 6.20 Å². The average molecular weight is 457 g/mol. The van der Waals surface area contributed by atoms with E-state index in [2.05, 4.69) is 11.2 Å². The fourth-order valence-electron chi connectivity index (χ4n) is 6.04. The number of fused-ring (bicyclic) bond motifs is 8. The Hall–Kier alpha value is -3.68. The molecular weight excluding hydrogens is 431 g/mol. The van der Waals surface area contributed by atoms with Gasteiger partial charge in [0.15, 0.2) is 11.6 Å². The summed E-state index contributed by atoms with van der Waals surface area (Å²) in [4.78, 5) is 4.45. The largest absolute Gasteiger partial charge is 0.482 e. The zero-order chi connectivity index (χ0) is 23.4. The van der Waals surface area contributed by atoms with Crippen LogP contribution >= 0.6 is 0 Å². The summed E-state index contributed by atoms with van der Waals surface area (Å²) in [5.41, 5.74) is 14.3. The van der Waals surface area contributed by atoms with Crippen molar-refractivity contribution in [3.8, 4) is 28.3 Å². The van der Waals surface area contributed by atoms with E-state index in [0.717, 1.165) is 52.9 Å². The first-order valence-electron chi connectivity index (χ1n) is 11.7. The number of halogens is 1. The maximum atomic E-state index is 14.4. The van der Waals surface area contributed by atoms with Crippen molar-refractivity contribution in [3.63, 3.8) is 0 Å². The Morgan fingerprint density at radius 1 is 1.15 bits per heavy atom. The monoisotopic (exact) mass is 456 g/mol. The van der Waals surface area contributed by atoms with Crippen LogP contribution in [0.4, 0.5) is 10.2 Å². The van der Waals surface area contributed by atoms with Crippen LogP contribution in [0, 0.1) is 5.82 Å². The highest BCUT2D eigenvalue weighted by molar-refractivity contribution is 5.75. The highest BCUT2D eigenvalue weighted by Gasteiger charge is 2.56. The van der Waals surface area contributed by atoms with Crippen LogP contribution < -0.4 is 10.5 Å². The Morgan fingerprint density at radius 2 is 1.97 bits per heavy atom. The second kappa shape index (κ2) is 6.46. The third kappa shape index (κ3) is 2.59. The highest BCUT2D eigenvalue weighted by Crippen LogP contribution is 2.64. The molecule has 34 heavy (non-hydrogen) atoms. The second-order valence-electron chi connectivity index (χ2n) is 9.98. The van der Waals surface area contributed by atoms with Crippen LogP contribution in [-0.2, 0) is 19.5 Å². The molecule has 0 radical (unpaired) electrons. The Bertz CT molecular complexity index is 1500. The number of pyridine rings is 1. The first-order chi connectivity index (χ1) is 16.3. The molecule has 3 aromatic heterocycles. The molecule has 7 rings (SSSR count). The molecule has 7 nitrogen and oxygen atoms in total. The minimum Gasteiger partial charge on any atom is -0.482 e. The van der Waals surface area contributed by atoms with E-state index in [1.165, 1.54) is 23.4 Å². The van der Waals surface area contributed by atoms with Gasteiger partial charge in [0.1, 0.15) is 11.9 Å². The van der Waals surface area contributed by atoms with E-state index in [0.29, 0.717) is 11.6 Å². The molecular formula is C26H25FN6O. The van der Waals surface area contributed by atoms with Crippen molar-refractivity contribution < 1.29 is 9.13 Å². The normalized spacial score (nSPS) is 21.2. The SMILES string of the molecule is C[C@H]1Oc2cc(cnc2N)-c2c3c(nn2C)C2(CC2)CC3c2cn(C)nc2-c2ccc(F)cc21. The lowest BCUT2D eigenvalue weighted by Gasteiger charge is -2.22. The number of aromatic nitrogens is 5. The van der Waals surface area contributed by atoms with E-state index in [-0.39, 0.29) is 17.2 Å². The van der Waals surface area contributed by atoms with Crippen molar-refractivity contribution in [2.24, 2.45) is 14.1 Å². The molecule has 1 spiro atoms. The van der Waals surface area contributed by atoms with Gasteiger partial charge in [0.2, 0.25) is 0 Å². The standard InChI is InChI=1S/C26H25FN6O/c1-13-17-9-15(27)4-5-16(17)22-19(12-32(2)30-22)18-10-26(6-7-26)24-21(18)23(33(3)31-24)14-8-20(34-13)25(28)29-11-14/h4-5,8-9,11-13,18H,6-7,10H2,1-3H3,(H2,28,29)/t13-,18?/m1/s1. The first kappa shape index (κ1) is 19.8. The average Bonchev–Trinajstić information content (AvgIpc) is 3.23. The number of anilines is 1. The van der Waals surface area contributed by atoms with Gasteiger partial charge in [0, 0.05) is 65.6 Å². The molecule has 2 aliphatic carbocycles. The molecule has 3 aliphatic rings. The summed E-state index contributed by atoms with van der Waals surface area (Å²) < 4.78 is 24.6. The molecule has 2 atom stereocenters. The van der Waals surface area contributed by atoms with Crippen molar-refractivity contribution in [2.45, 2.75) is 43.6 Å². The number of hydrogen-bond acceptors (Lipinski definition) is 5. The zero-order valence-corrected chi connectivity index (χ0v) is 19.3. The van der Waals surface area contributed by atoms with Gasteiger partial charge in [0.25, 0.3) is 0 Å². The zero-order valence-electron chi connectivity index (χ0n) is 19.3. The minimum absolute atomic E-state index is 0.128. The van der Waals surface area contributed by atoms with Gasteiger partial charge in [-0.2, -0.15) is 10.2 Å². The molecule has 0 amide bonds. The van der Waals surface area contributed by atoms with Crippen LogP contribution in [0.25, 0.3) is 22.5 Å². The molecule has 8 heteroatoms. The maximum Gasteiger partial charge on any atom is 0.166 e. The molecule has 1 saturated carbocycles. The van der Waals surface area contributed by atoms with Crippen LogP contribution in [0.5, 0.6) is 5.75 Å². The van der Waals surface area contributed by atoms with Crippen LogP contribution in [0.15, 0.2) is 36.7 Å². The summed E-state index contributed by atoms with van der Waals surface area (Å²) in [6.07, 6.45) is 6.75. The van der Waals surface area contributed by atoms with Gasteiger partial charge in [-0.3, -0.25) is 9.36 Å². The van der Waals surface area contributed by atoms with Crippen LogP contribution in [0.1, 0.15) is 60.6 Å².